The predicted octanol–water partition coefficient (Wildman–Crippen LogP) is 2.71. The molecule has 3 nitrogen and oxygen atoms in total. The smallest absolute Gasteiger partial charge is 0.229 e. The Kier molecular flexibility index (Phi) is 5.14. The maximum atomic E-state index is 11.9. The van der Waals surface area contributed by atoms with Gasteiger partial charge in [-0.25, -0.2) is 0 Å². The van der Waals surface area contributed by atoms with Gasteiger partial charge in [-0.3, -0.25) is 4.79 Å². The van der Waals surface area contributed by atoms with Gasteiger partial charge in [0.25, 0.3) is 0 Å². The van der Waals surface area contributed by atoms with E-state index in [1.165, 1.54) is 0 Å². The van der Waals surface area contributed by atoms with Crippen LogP contribution in [0.3, 0.4) is 0 Å². The fraction of sp³-hybridized carbons (Fsp3) is 0.438. The second-order valence-corrected chi connectivity index (χ2v) is 5.51. The lowest BCUT2D eigenvalue weighted by Crippen LogP contribution is -2.27. The van der Waals surface area contributed by atoms with Gasteiger partial charge in [-0.15, -0.1) is 0 Å². The van der Waals surface area contributed by atoms with Crippen LogP contribution in [0, 0.1) is 24.2 Å². The normalized spacial score (nSPS) is 10.6. The zero-order valence-corrected chi connectivity index (χ0v) is 12.0. The Labute approximate surface area is 115 Å². The zero-order chi connectivity index (χ0) is 14.5. The van der Waals surface area contributed by atoms with E-state index in [2.05, 4.69) is 17.2 Å². The number of anilines is 1. The quantitative estimate of drug-likeness (QED) is 0.802. The molecule has 102 valence electrons. The van der Waals surface area contributed by atoms with Crippen molar-refractivity contribution in [2.45, 2.75) is 34.1 Å². The Morgan fingerprint density at radius 3 is 2.63 bits per heavy atom. The third kappa shape index (κ3) is 4.76. The van der Waals surface area contributed by atoms with Crippen molar-refractivity contribution in [3.05, 3.63) is 29.3 Å². The summed E-state index contributed by atoms with van der Waals surface area (Å²) in [5.74, 6) is 5.87. The van der Waals surface area contributed by atoms with Gasteiger partial charge in [0.2, 0.25) is 5.91 Å². The molecule has 0 radical (unpaired) electrons. The van der Waals surface area contributed by atoms with E-state index in [1.54, 1.807) is 0 Å². The van der Waals surface area contributed by atoms with Crippen molar-refractivity contribution in [1.29, 1.82) is 0 Å². The summed E-state index contributed by atoms with van der Waals surface area (Å²) in [6.07, 6.45) is 0.456. The number of hydrogen-bond donors (Lipinski definition) is 2. The zero-order valence-electron chi connectivity index (χ0n) is 12.0. The topological polar surface area (TPSA) is 49.3 Å². The molecule has 0 heterocycles. The highest BCUT2D eigenvalue weighted by molar-refractivity contribution is 5.94. The Hall–Kier alpha value is -1.79. The number of hydrogen-bond acceptors (Lipinski definition) is 2. The molecule has 1 rings (SSSR count). The molecular weight excluding hydrogens is 238 g/mol. The Morgan fingerprint density at radius 2 is 2.05 bits per heavy atom. The molecule has 0 spiro atoms. The molecule has 1 amide bonds. The van der Waals surface area contributed by atoms with Crippen LogP contribution in [-0.4, -0.2) is 17.6 Å². The molecule has 2 N–H and O–H groups in total. The van der Waals surface area contributed by atoms with Gasteiger partial charge in [0.05, 0.1) is 6.61 Å². The summed E-state index contributed by atoms with van der Waals surface area (Å²) in [6.45, 7) is 7.65. The molecule has 0 aromatic heterocycles. The first kappa shape index (κ1) is 15.3. The summed E-state index contributed by atoms with van der Waals surface area (Å²) < 4.78 is 0. The summed E-state index contributed by atoms with van der Waals surface area (Å²) in [7, 11) is 0. The number of aliphatic hydroxyl groups is 1. The van der Waals surface area contributed by atoms with Crippen LogP contribution in [0.2, 0.25) is 0 Å². The average molecular weight is 259 g/mol. The molecule has 3 heteroatoms. The molecule has 1 aromatic carbocycles. The number of aliphatic hydroxyl groups excluding tert-OH is 1. The summed E-state index contributed by atoms with van der Waals surface area (Å²) in [5, 5.41) is 11.6. The molecule has 0 aliphatic rings. The van der Waals surface area contributed by atoms with E-state index in [0.717, 1.165) is 16.8 Å². The second-order valence-electron chi connectivity index (χ2n) is 5.51. The van der Waals surface area contributed by atoms with E-state index in [4.69, 9.17) is 5.11 Å². The molecule has 0 saturated carbocycles. The number of aryl methyl sites for hydroxylation is 1. The van der Waals surface area contributed by atoms with Crippen LogP contribution < -0.4 is 5.32 Å². The third-order valence-corrected chi connectivity index (χ3v) is 2.64. The minimum atomic E-state index is -0.423. The lowest BCUT2D eigenvalue weighted by molar-refractivity contribution is -0.123. The first-order valence-corrected chi connectivity index (χ1v) is 6.36. The van der Waals surface area contributed by atoms with E-state index in [9.17, 15) is 4.79 Å². The fourth-order valence-corrected chi connectivity index (χ4v) is 1.37. The predicted molar refractivity (Wildman–Crippen MR) is 77.8 cm³/mol. The lowest BCUT2D eigenvalue weighted by Gasteiger charge is -2.18. The van der Waals surface area contributed by atoms with Gasteiger partial charge < -0.3 is 10.4 Å². The summed E-state index contributed by atoms with van der Waals surface area (Å²) >= 11 is 0. The van der Waals surface area contributed by atoms with Crippen molar-refractivity contribution in [2.24, 2.45) is 5.41 Å². The molecule has 0 aliphatic carbocycles. The minimum absolute atomic E-state index is 0.0226. The van der Waals surface area contributed by atoms with Crippen molar-refractivity contribution in [3.8, 4) is 11.8 Å². The van der Waals surface area contributed by atoms with Crippen LogP contribution >= 0.6 is 0 Å². The maximum absolute atomic E-state index is 11.9. The van der Waals surface area contributed by atoms with Crippen molar-refractivity contribution in [2.75, 3.05) is 11.9 Å². The van der Waals surface area contributed by atoms with Crippen molar-refractivity contribution in [1.82, 2.24) is 0 Å². The molecule has 0 unspecified atom stereocenters. The van der Waals surface area contributed by atoms with Gasteiger partial charge in [0.15, 0.2) is 0 Å². The molecule has 0 bridgehead atoms. The van der Waals surface area contributed by atoms with Crippen LogP contribution in [0.1, 0.15) is 38.3 Å². The van der Waals surface area contributed by atoms with E-state index in [0.29, 0.717) is 6.42 Å². The number of benzene rings is 1. The van der Waals surface area contributed by atoms with Crippen LogP contribution in [-0.2, 0) is 4.79 Å². The van der Waals surface area contributed by atoms with E-state index >= 15 is 0 Å². The lowest BCUT2D eigenvalue weighted by atomic mass is 9.95. The molecule has 1 aromatic rings. The van der Waals surface area contributed by atoms with Gasteiger partial charge in [-0.05, 0) is 24.6 Å². The molecular formula is C16H21NO2. The highest BCUT2D eigenvalue weighted by Crippen LogP contribution is 2.19. The highest BCUT2D eigenvalue weighted by Gasteiger charge is 2.21. The van der Waals surface area contributed by atoms with Crippen LogP contribution in [0.4, 0.5) is 5.69 Å². The average Bonchev–Trinajstić information content (AvgIpc) is 2.32. The first-order chi connectivity index (χ1) is 8.84. The molecule has 19 heavy (non-hydrogen) atoms. The number of carbonyl (C=O) groups excluding carboxylic acids is 1. The Morgan fingerprint density at radius 1 is 1.37 bits per heavy atom. The monoisotopic (exact) mass is 259 g/mol. The van der Waals surface area contributed by atoms with Crippen LogP contribution in [0.5, 0.6) is 0 Å². The van der Waals surface area contributed by atoms with E-state index in [1.807, 2.05) is 45.9 Å². The Bertz CT molecular complexity index is 516. The standard InChI is InChI=1S/C16H21NO2/c1-12-8-9-14(17-15(19)16(2,3)4)11-13(12)7-5-6-10-18/h8-9,11,18H,6,10H2,1-4H3,(H,17,19). The molecule has 0 aliphatic heterocycles. The summed E-state index contributed by atoms with van der Waals surface area (Å²) in [5.41, 5.74) is 2.26. The number of nitrogens with one attached hydrogen (secondary N) is 1. The molecule has 0 atom stereocenters. The minimum Gasteiger partial charge on any atom is -0.395 e. The van der Waals surface area contributed by atoms with Gasteiger partial charge in [-0.2, -0.15) is 0 Å². The number of amides is 1. The van der Waals surface area contributed by atoms with Gasteiger partial charge >= 0.3 is 0 Å². The highest BCUT2D eigenvalue weighted by atomic mass is 16.2. The van der Waals surface area contributed by atoms with Crippen LogP contribution in [0.15, 0.2) is 18.2 Å². The summed E-state index contributed by atoms with van der Waals surface area (Å²) in [6, 6.07) is 5.67. The molecule has 0 fully saturated rings. The fourth-order valence-electron chi connectivity index (χ4n) is 1.37. The largest absolute Gasteiger partial charge is 0.395 e. The van der Waals surface area contributed by atoms with Gasteiger partial charge in [0.1, 0.15) is 0 Å². The number of rotatable bonds is 2. The van der Waals surface area contributed by atoms with Crippen molar-refractivity contribution in [3.63, 3.8) is 0 Å². The van der Waals surface area contributed by atoms with Crippen molar-refractivity contribution >= 4 is 11.6 Å². The van der Waals surface area contributed by atoms with E-state index < -0.39 is 5.41 Å². The van der Waals surface area contributed by atoms with Crippen LogP contribution in [0.25, 0.3) is 0 Å². The van der Waals surface area contributed by atoms with Crippen molar-refractivity contribution < 1.29 is 9.90 Å². The summed E-state index contributed by atoms with van der Waals surface area (Å²) in [4.78, 5) is 11.9. The van der Waals surface area contributed by atoms with E-state index in [-0.39, 0.29) is 12.5 Å². The third-order valence-electron chi connectivity index (χ3n) is 2.64. The maximum Gasteiger partial charge on any atom is 0.229 e. The first-order valence-electron chi connectivity index (χ1n) is 6.36. The second kappa shape index (κ2) is 6.40. The molecule has 0 saturated heterocycles. The SMILES string of the molecule is Cc1ccc(NC(=O)C(C)(C)C)cc1C#CCCO. The Balaban J connectivity index is 2.91. The van der Waals surface area contributed by atoms with Gasteiger partial charge in [-0.1, -0.05) is 38.7 Å². The number of carbonyl (C=O) groups is 1. The van der Waals surface area contributed by atoms with Gasteiger partial charge in [0, 0.05) is 23.1 Å².